The minimum absolute atomic E-state index is 0. The van der Waals surface area contributed by atoms with Crippen LogP contribution in [-0.2, 0) is 25.6 Å². The molecule has 1 saturated carbocycles. The van der Waals surface area contributed by atoms with Gasteiger partial charge in [-0.05, 0) is 25.0 Å². The van der Waals surface area contributed by atoms with Crippen LogP contribution in [0.3, 0.4) is 0 Å². The summed E-state index contributed by atoms with van der Waals surface area (Å²) in [6, 6.07) is 5.29. The molecule has 0 amide bonds. The first-order valence-electron chi connectivity index (χ1n) is 11.4. The van der Waals surface area contributed by atoms with Crippen molar-refractivity contribution < 1.29 is 17.6 Å². The molecule has 0 radical (unpaired) electrons. The maximum absolute atomic E-state index is 15.0. The van der Waals surface area contributed by atoms with E-state index >= 15 is 4.39 Å². The Kier molecular flexibility index (Phi) is 6.26. The lowest BCUT2D eigenvalue weighted by Gasteiger charge is -2.42. The second-order valence-electron chi connectivity index (χ2n) is 9.27. The van der Waals surface area contributed by atoms with Crippen LogP contribution < -0.4 is 5.32 Å². The molecule has 1 aliphatic carbocycles. The van der Waals surface area contributed by atoms with Gasteiger partial charge in [0, 0.05) is 36.6 Å². The Labute approximate surface area is 221 Å². The van der Waals surface area contributed by atoms with Crippen LogP contribution in [0.15, 0.2) is 36.8 Å². The summed E-state index contributed by atoms with van der Waals surface area (Å²) in [4.78, 5) is 4.31. The van der Waals surface area contributed by atoms with Crippen molar-refractivity contribution in [2.24, 2.45) is 7.05 Å². The average Bonchev–Trinajstić information content (AvgIpc) is 3.46. The highest BCUT2D eigenvalue weighted by Gasteiger charge is 2.62. The third-order valence-corrected chi connectivity index (χ3v) is 7.37. The van der Waals surface area contributed by atoms with E-state index in [0.29, 0.717) is 34.1 Å². The van der Waals surface area contributed by atoms with Crippen molar-refractivity contribution in [3.05, 3.63) is 47.6 Å². The number of alkyl halides is 4. The standard InChI is InChI=1S/C23H21ClF4N8.H2S/c1-34-19(3-6-30-34)31-18-8-15(16(24)9-29-18)13-7-17-20-32-33-21(22(4-2-5-22)23(26,27)28)36(20)12-14(25)11-35(17)10-13;/h3,6-10,14H,2,4-5,11-12H2,1H3,(H,29,31);1H2/t14-;/m0./s1. The molecule has 6 rings (SSSR count). The van der Waals surface area contributed by atoms with Gasteiger partial charge in [0.2, 0.25) is 0 Å². The first kappa shape index (κ1) is 25.6. The third kappa shape index (κ3) is 4.08. The summed E-state index contributed by atoms with van der Waals surface area (Å²) < 4.78 is 61.8. The first-order valence-corrected chi connectivity index (χ1v) is 11.8. The number of hydrogen-bond acceptors (Lipinski definition) is 5. The zero-order chi connectivity index (χ0) is 25.2. The summed E-state index contributed by atoms with van der Waals surface area (Å²) in [7, 11) is 1.79. The van der Waals surface area contributed by atoms with Crippen molar-refractivity contribution in [2.45, 2.75) is 50.1 Å². The minimum atomic E-state index is -4.48. The fourth-order valence-corrected chi connectivity index (χ4v) is 5.22. The zero-order valence-corrected chi connectivity index (χ0v) is 21.4. The van der Waals surface area contributed by atoms with E-state index < -0.39 is 17.8 Å². The Morgan fingerprint density at radius 1 is 1.16 bits per heavy atom. The molecular formula is C23H23ClF4N8S. The highest BCUT2D eigenvalue weighted by Crippen LogP contribution is 2.54. The van der Waals surface area contributed by atoms with Crippen LogP contribution in [0.5, 0.6) is 0 Å². The number of aromatic nitrogens is 7. The lowest BCUT2D eigenvalue weighted by Crippen LogP contribution is -2.50. The number of nitrogens with zero attached hydrogens (tertiary/aromatic N) is 7. The summed E-state index contributed by atoms with van der Waals surface area (Å²) >= 11 is 6.46. The molecule has 4 aromatic heterocycles. The predicted molar refractivity (Wildman–Crippen MR) is 135 cm³/mol. The van der Waals surface area contributed by atoms with Gasteiger partial charge in [0.15, 0.2) is 5.82 Å². The minimum Gasteiger partial charge on any atom is -0.341 e. The second-order valence-corrected chi connectivity index (χ2v) is 9.68. The molecular weight excluding hydrogens is 532 g/mol. The molecule has 8 nitrogen and oxygen atoms in total. The SMILES string of the molecule is Cn1nccc1Nc1cc(-c2cc3n(c2)C[C@H](F)Cn2c-3nnc2C2(C(F)(F)F)CCC2)c(Cl)cn1.S. The molecule has 196 valence electrons. The van der Waals surface area contributed by atoms with Crippen molar-refractivity contribution in [1.82, 2.24) is 34.1 Å². The number of aryl methyl sites for hydroxylation is 1. The molecule has 0 saturated heterocycles. The van der Waals surface area contributed by atoms with E-state index in [0.717, 1.165) is 5.82 Å². The number of halogens is 5. The van der Waals surface area contributed by atoms with E-state index in [-0.39, 0.29) is 51.1 Å². The van der Waals surface area contributed by atoms with Crippen LogP contribution in [0.25, 0.3) is 22.6 Å². The van der Waals surface area contributed by atoms with E-state index in [1.54, 1.807) is 46.9 Å². The molecule has 0 aromatic carbocycles. The van der Waals surface area contributed by atoms with Gasteiger partial charge in [-0.1, -0.05) is 18.0 Å². The van der Waals surface area contributed by atoms with E-state index in [2.05, 4.69) is 25.6 Å². The smallest absolute Gasteiger partial charge is 0.341 e. The molecule has 37 heavy (non-hydrogen) atoms. The second kappa shape index (κ2) is 9.05. The molecule has 2 aliphatic rings. The largest absolute Gasteiger partial charge is 0.401 e. The Morgan fingerprint density at radius 2 is 1.95 bits per heavy atom. The first-order chi connectivity index (χ1) is 17.2. The molecule has 5 heterocycles. The fraction of sp³-hybridized carbons (Fsp3) is 0.391. The highest BCUT2D eigenvalue weighted by atomic mass is 35.5. The highest BCUT2D eigenvalue weighted by molar-refractivity contribution is 7.59. The number of hydrogen-bond donors (Lipinski definition) is 1. The molecule has 14 heteroatoms. The van der Waals surface area contributed by atoms with Crippen molar-refractivity contribution >= 4 is 36.7 Å². The summed E-state index contributed by atoms with van der Waals surface area (Å²) in [6.07, 6.45) is -0.730. The van der Waals surface area contributed by atoms with E-state index in [9.17, 15) is 13.2 Å². The van der Waals surface area contributed by atoms with Crippen molar-refractivity contribution in [3.8, 4) is 22.6 Å². The third-order valence-electron chi connectivity index (χ3n) is 7.07. The predicted octanol–water partition coefficient (Wildman–Crippen LogP) is 5.39. The monoisotopic (exact) mass is 554 g/mol. The lowest BCUT2D eigenvalue weighted by atomic mass is 9.67. The topological polar surface area (TPSA) is 78.4 Å². The molecule has 0 unspecified atom stereocenters. The van der Waals surface area contributed by atoms with Gasteiger partial charge in [-0.3, -0.25) is 4.68 Å². The molecule has 1 fully saturated rings. The maximum atomic E-state index is 15.0. The number of anilines is 2. The van der Waals surface area contributed by atoms with Gasteiger partial charge in [0.05, 0.1) is 30.0 Å². The Hall–Kier alpha value is -3.06. The van der Waals surface area contributed by atoms with Crippen LogP contribution in [-0.4, -0.2) is 46.4 Å². The summed E-state index contributed by atoms with van der Waals surface area (Å²) in [5.41, 5.74) is -0.313. The van der Waals surface area contributed by atoms with Crippen LogP contribution >= 0.6 is 25.1 Å². The molecule has 1 N–H and O–H groups in total. The van der Waals surface area contributed by atoms with Gasteiger partial charge in [-0.15, -0.1) is 10.2 Å². The lowest BCUT2D eigenvalue weighted by molar-refractivity contribution is -0.216. The van der Waals surface area contributed by atoms with Crippen molar-refractivity contribution in [2.75, 3.05) is 5.32 Å². The van der Waals surface area contributed by atoms with Gasteiger partial charge in [-0.25, -0.2) is 9.37 Å². The van der Waals surface area contributed by atoms with E-state index in [4.69, 9.17) is 11.6 Å². The summed E-state index contributed by atoms with van der Waals surface area (Å²) in [5, 5.41) is 15.7. The van der Waals surface area contributed by atoms with E-state index in [1.807, 2.05) is 0 Å². The van der Waals surface area contributed by atoms with Crippen LogP contribution in [0.4, 0.5) is 29.2 Å². The van der Waals surface area contributed by atoms with Crippen molar-refractivity contribution in [1.29, 1.82) is 0 Å². The van der Waals surface area contributed by atoms with Gasteiger partial charge in [-0.2, -0.15) is 31.8 Å². The Balaban J connectivity index is 0.00000280. The van der Waals surface area contributed by atoms with E-state index in [1.165, 1.54) is 10.8 Å². The number of fused-ring (bicyclic) bond motifs is 3. The summed E-state index contributed by atoms with van der Waals surface area (Å²) in [5.74, 6) is 1.24. The van der Waals surface area contributed by atoms with Crippen molar-refractivity contribution in [3.63, 3.8) is 0 Å². The van der Waals surface area contributed by atoms with Gasteiger partial charge >= 0.3 is 6.18 Å². The maximum Gasteiger partial charge on any atom is 0.401 e. The Bertz CT molecular complexity index is 1460. The fourth-order valence-electron chi connectivity index (χ4n) is 5.01. The molecule has 0 spiro atoms. The summed E-state index contributed by atoms with van der Waals surface area (Å²) in [6.45, 7) is -0.263. The molecule has 1 atom stereocenters. The van der Waals surface area contributed by atoms with Crippen LogP contribution in [0.1, 0.15) is 25.1 Å². The zero-order valence-electron chi connectivity index (χ0n) is 19.6. The molecule has 1 aliphatic heterocycles. The van der Waals surface area contributed by atoms with Gasteiger partial charge in [0.1, 0.15) is 29.0 Å². The Morgan fingerprint density at radius 3 is 2.59 bits per heavy atom. The van der Waals surface area contributed by atoms with Crippen LogP contribution in [0, 0.1) is 0 Å². The van der Waals surface area contributed by atoms with Gasteiger partial charge < -0.3 is 14.5 Å². The molecule has 4 aromatic rings. The molecule has 0 bridgehead atoms. The van der Waals surface area contributed by atoms with Gasteiger partial charge in [0.25, 0.3) is 0 Å². The number of nitrogens with one attached hydrogen (secondary N) is 1. The normalized spacial score (nSPS) is 18.3. The number of rotatable bonds is 4. The average molecular weight is 555 g/mol. The van der Waals surface area contributed by atoms with Crippen LogP contribution in [0.2, 0.25) is 5.02 Å². The quantitative estimate of drug-likeness (QED) is 0.342. The number of pyridine rings is 1.